The monoisotopic (exact) mass is 422 g/mol. The first-order valence-electron chi connectivity index (χ1n) is 8.37. The smallest absolute Gasteiger partial charge is 0.255 e. The van der Waals surface area contributed by atoms with Crippen LogP contribution in [0.5, 0.6) is 0 Å². The van der Waals surface area contributed by atoms with E-state index in [1.165, 1.54) is 21.3 Å². The highest BCUT2D eigenvalue weighted by Gasteiger charge is 2.56. The summed E-state index contributed by atoms with van der Waals surface area (Å²) < 4.78 is 27.4. The summed E-state index contributed by atoms with van der Waals surface area (Å²) >= 11 is 7.49. The number of pyridine rings is 1. The summed E-state index contributed by atoms with van der Waals surface area (Å²) in [6, 6.07) is 3.54. The first-order chi connectivity index (χ1) is 13.3. The number of terminal acetylenes is 1. The summed E-state index contributed by atoms with van der Waals surface area (Å²) in [4.78, 5) is 18.1. The van der Waals surface area contributed by atoms with Crippen molar-refractivity contribution in [3.8, 4) is 18.0 Å². The largest absolute Gasteiger partial charge is 0.293 e. The van der Waals surface area contributed by atoms with E-state index in [9.17, 15) is 13.6 Å². The average Bonchev–Trinajstić information content (AvgIpc) is 3.10. The summed E-state index contributed by atoms with van der Waals surface area (Å²) in [5.74, 6) is -0.653. The van der Waals surface area contributed by atoms with Gasteiger partial charge in [-0.2, -0.15) is 16.9 Å². The second-order valence-corrected chi connectivity index (χ2v) is 7.73. The number of carbonyl (C=O) groups is 1. The summed E-state index contributed by atoms with van der Waals surface area (Å²) in [6.07, 6.45) is 10.1. The number of alkyl halides is 2. The van der Waals surface area contributed by atoms with Crippen LogP contribution in [0.4, 0.5) is 14.5 Å². The Morgan fingerprint density at radius 2 is 2.32 bits per heavy atom. The molecule has 1 atom stereocenters. The van der Waals surface area contributed by atoms with Crippen molar-refractivity contribution in [1.29, 1.82) is 0 Å². The number of aromatic nitrogens is 3. The van der Waals surface area contributed by atoms with Crippen molar-refractivity contribution in [3.05, 3.63) is 48.0 Å². The predicted molar refractivity (Wildman–Crippen MR) is 107 cm³/mol. The number of halogens is 3. The van der Waals surface area contributed by atoms with E-state index >= 15 is 0 Å². The molecule has 1 aliphatic carbocycles. The minimum atomic E-state index is -2.57. The van der Waals surface area contributed by atoms with Crippen molar-refractivity contribution < 1.29 is 13.6 Å². The molecule has 0 aromatic carbocycles. The molecule has 0 aliphatic heterocycles. The van der Waals surface area contributed by atoms with E-state index in [0.717, 1.165) is 0 Å². The van der Waals surface area contributed by atoms with E-state index in [4.69, 9.17) is 18.0 Å². The molecule has 2 aromatic rings. The molecule has 9 heteroatoms. The van der Waals surface area contributed by atoms with E-state index in [-0.39, 0.29) is 35.2 Å². The molecule has 3 rings (SSSR count). The Hall–Kier alpha value is -2.37. The number of nitrogens with zero attached hydrogens (tertiary/aromatic N) is 4. The standard InChI is InChI=1S/C19H17ClF2N4OS/c1-3-7-25(18(27)13(2)11-28-12-14-8-19(14,21)22)16-10-26(24-17(16)20)15-5-4-6-23-9-15/h1,4-6,9-10,14H,2,7-8,11-12H2. The Balaban J connectivity index is 1.70. The summed E-state index contributed by atoms with van der Waals surface area (Å²) in [5, 5.41) is 4.30. The van der Waals surface area contributed by atoms with Gasteiger partial charge in [-0.15, -0.1) is 6.42 Å². The van der Waals surface area contributed by atoms with E-state index < -0.39 is 17.7 Å². The molecule has 1 amide bonds. The van der Waals surface area contributed by atoms with E-state index in [2.05, 4.69) is 22.6 Å². The molecule has 0 saturated heterocycles. The van der Waals surface area contributed by atoms with Crippen molar-refractivity contribution in [1.82, 2.24) is 14.8 Å². The molecule has 2 heterocycles. The normalized spacial score (nSPS) is 17.0. The Labute approximate surface area is 170 Å². The number of hydrogen-bond donors (Lipinski definition) is 0. The van der Waals surface area contributed by atoms with Gasteiger partial charge in [-0.05, 0) is 12.1 Å². The Morgan fingerprint density at radius 3 is 2.93 bits per heavy atom. The lowest BCUT2D eigenvalue weighted by atomic mass is 10.2. The van der Waals surface area contributed by atoms with Crippen LogP contribution in [-0.4, -0.2) is 44.6 Å². The number of amides is 1. The highest BCUT2D eigenvalue weighted by Crippen LogP contribution is 2.50. The minimum Gasteiger partial charge on any atom is -0.293 e. The van der Waals surface area contributed by atoms with Crippen LogP contribution < -0.4 is 4.90 Å². The van der Waals surface area contributed by atoms with Crippen LogP contribution in [0.25, 0.3) is 5.69 Å². The third-order valence-corrected chi connectivity index (χ3v) is 5.66. The first-order valence-corrected chi connectivity index (χ1v) is 9.91. The van der Waals surface area contributed by atoms with E-state index in [1.807, 2.05) is 0 Å². The third kappa shape index (κ3) is 4.54. The van der Waals surface area contributed by atoms with Crippen LogP contribution in [0.3, 0.4) is 0 Å². The zero-order valence-corrected chi connectivity index (χ0v) is 16.4. The van der Waals surface area contributed by atoms with Gasteiger partial charge in [0.1, 0.15) is 5.69 Å². The summed E-state index contributed by atoms with van der Waals surface area (Å²) in [7, 11) is 0. The Kier molecular flexibility index (Phi) is 6.06. The second-order valence-electron chi connectivity index (χ2n) is 6.34. The predicted octanol–water partition coefficient (Wildman–Crippen LogP) is 3.83. The fraction of sp³-hybridized carbons (Fsp3) is 0.316. The van der Waals surface area contributed by atoms with Gasteiger partial charge in [0, 0.05) is 35.6 Å². The molecule has 5 nitrogen and oxygen atoms in total. The lowest BCUT2D eigenvalue weighted by Crippen LogP contribution is -2.33. The lowest BCUT2D eigenvalue weighted by molar-refractivity contribution is -0.114. The minimum absolute atomic E-state index is 0.0261. The molecular weight excluding hydrogens is 406 g/mol. The Morgan fingerprint density at radius 1 is 1.57 bits per heavy atom. The lowest BCUT2D eigenvalue weighted by Gasteiger charge is -2.20. The van der Waals surface area contributed by atoms with Gasteiger partial charge in [0.2, 0.25) is 0 Å². The molecule has 1 saturated carbocycles. The molecular formula is C19H17ClF2N4OS. The highest BCUT2D eigenvalue weighted by molar-refractivity contribution is 7.99. The fourth-order valence-corrected chi connectivity index (χ4v) is 3.90. The maximum Gasteiger partial charge on any atom is 0.255 e. The van der Waals surface area contributed by atoms with Crippen LogP contribution in [0.15, 0.2) is 42.9 Å². The zero-order valence-electron chi connectivity index (χ0n) is 14.8. The van der Waals surface area contributed by atoms with Crippen molar-refractivity contribution in [2.45, 2.75) is 12.3 Å². The van der Waals surface area contributed by atoms with Gasteiger partial charge >= 0.3 is 0 Å². The molecule has 1 unspecified atom stereocenters. The molecule has 0 radical (unpaired) electrons. The second kappa shape index (κ2) is 8.33. The highest BCUT2D eigenvalue weighted by atomic mass is 35.5. The van der Waals surface area contributed by atoms with E-state index in [1.54, 1.807) is 30.7 Å². The van der Waals surface area contributed by atoms with Crippen molar-refractivity contribution in [2.24, 2.45) is 5.92 Å². The number of carbonyl (C=O) groups excluding carboxylic acids is 1. The number of anilines is 1. The van der Waals surface area contributed by atoms with Crippen LogP contribution in [0, 0.1) is 18.3 Å². The maximum absolute atomic E-state index is 13.0. The molecule has 1 fully saturated rings. The van der Waals surface area contributed by atoms with Gasteiger partial charge in [-0.1, -0.05) is 24.1 Å². The van der Waals surface area contributed by atoms with Crippen molar-refractivity contribution in [3.63, 3.8) is 0 Å². The first kappa shape index (κ1) is 20.4. The Bertz CT molecular complexity index is 926. The molecule has 28 heavy (non-hydrogen) atoms. The van der Waals surface area contributed by atoms with Gasteiger partial charge in [-0.25, -0.2) is 13.5 Å². The molecule has 0 N–H and O–H groups in total. The van der Waals surface area contributed by atoms with Crippen molar-refractivity contribution >= 4 is 35.0 Å². The van der Waals surface area contributed by atoms with Gasteiger partial charge < -0.3 is 0 Å². The summed E-state index contributed by atoms with van der Waals surface area (Å²) in [5.41, 5.74) is 1.27. The van der Waals surface area contributed by atoms with Gasteiger partial charge in [0.15, 0.2) is 5.15 Å². The number of hydrogen-bond acceptors (Lipinski definition) is 4. The quantitative estimate of drug-likeness (QED) is 0.479. The SMILES string of the molecule is C#CCN(C(=O)C(=C)CSCC1CC1(F)F)c1cn(-c2cccnc2)nc1Cl. The fourth-order valence-electron chi connectivity index (χ4n) is 2.53. The number of thioether (sulfide) groups is 1. The van der Waals surface area contributed by atoms with Crippen LogP contribution in [-0.2, 0) is 4.79 Å². The van der Waals surface area contributed by atoms with Crippen molar-refractivity contribution in [2.75, 3.05) is 23.0 Å². The molecule has 2 aromatic heterocycles. The van der Waals surface area contributed by atoms with Crippen LogP contribution in [0.2, 0.25) is 5.15 Å². The molecule has 0 bridgehead atoms. The van der Waals surface area contributed by atoms with Gasteiger partial charge in [0.25, 0.3) is 11.8 Å². The number of rotatable bonds is 8. The summed E-state index contributed by atoms with van der Waals surface area (Å²) in [6.45, 7) is 3.76. The topological polar surface area (TPSA) is 51.0 Å². The maximum atomic E-state index is 13.0. The van der Waals surface area contributed by atoms with E-state index in [0.29, 0.717) is 11.4 Å². The molecule has 146 valence electrons. The zero-order chi connectivity index (χ0) is 20.3. The van der Waals surface area contributed by atoms with Gasteiger partial charge in [0.05, 0.1) is 24.6 Å². The van der Waals surface area contributed by atoms with Gasteiger partial charge in [-0.3, -0.25) is 14.7 Å². The third-order valence-electron chi connectivity index (χ3n) is 4.20. The van der Waals surface area contributed by atoms with Crippen LogP contribution >= 0.6 is 23.4 Å². The van der Waals surface area contributed by atoms with Crippen LogP contribution in [0.1, 0.15) is 6.42 Å². The average molecular weight is 423 g/mol. The molecule has 1 aliphatic rings. The molecule has 0 spiro atoms.